The van der Waals surface area contributed by atoms with Gasteiger partial charge in [0.1, 0.15) is 11.4 Å². The van der Waals surface area contributed by atoms with Crippen molar-refractivity contribution < 1.29 is 17.7 Å². The van der Waals surface area contributed by atoms with Crippen LogP contribution >= 0.6 is 23.2 Å². The minimum absolute atomic E-state index is 0.00724. The van der Waals surface area contributed by atoms with Gasteiger partial charge in [0.25, 0.3) is 0 Å². The van der Waals surface area contributed by atoms with E-state index in [0.29, 0.717) is 32.6 Å². The Kier molecular flexibility index (Phi) is 5.53. The van der Waals surface area contributed by atoms with E-state index in [1.165, 1.54) is 12.1 Å². The fourth-order valence-electron chi connectivity index (χ4n) is 2.86. The maximum Gasteiger partial charge on any atom is 0.325 e. The lowest BCUT2D eigenvalue weighted by atomic mass is 10.0. The number of nitrogens with two attached hydrogens (primary N) is 1. The van der Waals surface area contributed by atoms with E-state index in [-0.39, 0.29) is 10.8 Å². The second-order valence-corrected chi connectivity index (χ2v) is 8.71. The molecule has 0 aliphatic carbocycles. The van der Waals surface area contributed by atoms with Crippen molar-refractivity contribution in [3.05, 3.63) is 82.8 Å². The van der Waals surface area contributed by atoms with Gasteiger partial charge in [0, 0.05) is 10.6 Å². The summed E-state index contributed by atoms with van der Waals surface area (Å²) in [4.78, 5) is -0.00724. The molecule has 1 aromatic heterocycles. The molecule has 0 bridgehead atoms. The van der Waals surface area contributed by atoms with Gasteiger partial charge in [0.05, 0.1) is 15.5 Å². The highest BCUT2D eigenvalue weighted by Gasteiger charge is 2.22. The highest BCUT2D eigenvalue weighted by Crippen LogP contribution is 2.42. The first-order valence-corrected chi connectivity index (χ1v) is 10.9. The van der Waals surface area contributed by atoms with Crippen molar-refractivity contribution in [2.45, 2.75) is 4.90 Å². The standard InChI is InChI=1S/C21H14Cl2N2O4S/c22-15-8-11-18(17(23)12-15)28-21-19(13-6-9-16(10-7-13)30(24,26)27)20(25-29-21)14-4-2-1-3-5-14/h1-12H,(H2,24,26,27). The van der Waals surface area contributed by atoms with Crippen LogP contribution in [0.4, 0.5) is 0 Å². The van der Waals surface area contributed by atoms with Crippen molar-refractivity contribution >= 4 is 33.2 Å². The third-order valence-electron chi connectivity index (χ3n) is 4.28. The maximum atomic E-state index is 11.6. The predicted octanol–water partition coefficient (Wildman–Crippen LogP) is 5.76. The third kappa shape index (κ3) is 4.20. The minimum Gasteiger partial charge on any atom is -0.423 e. The van der Waals surface area contributed by atoms with Crippen LogP contribution in [0.5, 0.6) is 11.7 Å². The largest absolute Gasteiger partial charge is 0.423 e. The molecular weight excluding hydrogens is 447 g/mol. The quantitative estimate of drug-likeness (QED) is 0.408. The molecule has 4 aromatic rings. The summed E-state index contributed by atoms with van der Waals surface area (Å²) in [5, 5.41) is 10.1. The van der Waals surface area contributed by atoms with Gasteiger partial charge >= 0.3 is 5.95 Å². The van der Waals surface area contributed by atoms with Gasteiger partial charge in [-0.3, -0.25) is 0 Å². The summed E-state index contributed by atoms with van der Waals surface area (Å²) in [6.07, 6.45) is 0. The molecule has 30 heavy (non-hydrogen) atoms. The second-order valence-electron chi connectivity index (χ2n) is 6.31. The molecule has 0 saturated carbocycles. The molecule has 4 rings (SSSR count). The van der Waals surface area contributed by atoms with Crippen LogP contribution in [-0.2, 0) is 10.0 Å². The smallest absolute Gasteiger partial charge is 0.325 e. The lowest BCUT2D eigenvalue weighted by Crippen LogP contribution is -2.11. The molecule has 2 N–H and O–H groups in total. The van der Waals surface area contributed by atoms with Crippen LogP contribution in [0.3, 0.4) is 0 Å². The highest BCUT2D eigenvalue weighted by atomic mass is 35.5. The van der Waals surface area contributed by atoms with Crippen molar-refractivity contribution in [2.24, 2.45) is 5.14 Å². The first-order chi connectivity index (χ1) is 14.3. The predicted molar refractivity (Wildman–Crippen MR) is 115 cm³/mol. The van der Waals surface area contributed by atoms with E-state index in [9.17, 15) is 8.42 Å². The Hall–Kier alpha value is -2.84. The van der Waals surface area contributed by atoms with E-state index in [1.54, 1.807) is 30.3 Å². The van der Waals surface area contributed by atoms with Crippen LogP contribution in [0.25, 0.3) is 22.4 Å². The number of rotatable bonds is 5. The van der Waals surface area contributed by atoms with Crippen molar-refractivity contribution in [1.82, 2.24) is 5.16 Å². The number of benzene rings is 3. The van der Waals surface area contributed by atoms with Gasteiger partial charge in [0.15, 0.2) is 0 Å². The molecule has 9 heteroatoms. The molecule has 3 aromatic carbocycles. The molecule has 0 aliphatic heterocycles. The Morgan fingerprint density at radius 1 is 0.900 bits per heavy atom. The van der Waals surface area contributed by atoms with Crippen LogP contribution in [0, 0.1) is 0 Å². The Balaban J connectivity index is 1.84. The average Bonchev–Trinajstić information content (AvgIpc) is 3.14. The Morgan fingerprint density at radius 3 is 2.23 bits per heavy atom. The summed E-state index contributed by atoms with van der Waals surface area (Å²) in [6.45, 7) is 0. The molecule has 0 spiro atoms. The van der Waals surface area contributed by atoms with Crippen LogP contribution in [-0.4, -0.2) is 13.6 Å². The zero-order valence-electron chi connectivity index (χ0n) is 15.2. The van der Waals surface area contributed by atoms with Gasteiger partial charge in [-0.15, -0.1) is 0 Å². The Morgan fingerprint density at radius 2 is 1.60 bits per heavy atom. The van der Waals surface area contributed by atoms with E-state index < -0.39 is 10.0 Å². The monoisotopic (exact) mass is 460 g/mol. The topological polar surface area (TPSA) is 95.4 Å². The van der Waals surface area contributed by atoms with Crippen LogP contribution in [0.1, 0.15) is 0 Å². The number of primary sulfonamides is 1. The van der Waals surface area contributed by atoms with Gasteiger partial charge in [-0.2, -0.15) is 0 Å². The number of nitrogens with zero attached hydrogens (tertiary/aromatic N) is 1. The molecule has 152 valence electrons. The molecule has 0 amide bonds. The summed E-state index contributed by atoms with van der Waals surface area (Å²) in [5.74, 6) is 0.431. The third-order valence-corrected chi connectivity index (χ3v) is 5.74. The molecule has 0 unspecified atom stereocenters. The second kappa shape index (κ2) is 8.12. The number of hydrogen-bond acceptors (Lipinski definition) is 5. The summed E-state index contributed by atoms with van der Waals surface area (Å²) < 4.78 is 34.5. The van der Waals surface area contributed by atoms with Crippen LogP contribution in [0.15, 0.2) is 82.2 Å². The number of ether oxygens (including phenoxy) is 1. The molecule has 1 heterocycles. The van der Waals surface area contributed by atoms with Crippen LogP contribution in [0.2, 0.25) is 10.0 Å². The van der Waals surface area contributed by atoms with E-state index in [0.717, 1.165) is 5.56 Å². The summed E-state index contributed by atoms with van der Waals surface area (Å²) >= 11 is 12.2. The van der Waals surface area contributed by atoms with Gasteiger partial charge in [-0.1, -0.05) is 70.8 Å². The van der Waals surface area contributed by atoms with E-state index >= 15 is 0 Å². The zero-order valence-corrected chi connectivity index (χ0v) is 17.6. The fraction of sp³-hybridized carbons (Fsp3) is 0. The van der Waals surface area contributed by atoms with E-state index in [2.05, 4.69) is 5.16 Å². The lowest BCUT2D eigenvalue weighted by molar-refractivity contribution is 0.292. The van der Waals surface area contributed by atoms with Crippen molar-refractivity contribution in [3.8, 4) is 34.1 Å². The summed E-state index contributed by atoms with van der Waals surface area (Å²) in [6, 6.07) is 20.2. The molecule has 0 fully saturated rings. The number of hydrogen-bond donors (Lipinski definition) is 1. The molecular formula is C21H14Cl2N2O4S. The molecule has 6 nitrogen and oxygen atoms in total. The first kappa shape index (κ1) is 20.4. The van der Waals surface area contributed by atoms with Gasteiger partial charge < -0.3 is 9.26 Å². The average molecular weight is 461 g/mol. The van der Waals surface area contributed by atoms with Gasteiger partial charge in [-0.25, -0.2) is 13.6 Å². The highest BCUT2D eigenvalue weighted by molar-refractivity contribution is 7.89. The molecule has 0 saturated heterocycles. The lowest BCUT2D eigenvalue weighted by Gasteiger charge is -2.08. The van der Waals surface area contributed by atoms with Crippen molar-refractivity contribution in [1.29, 1.82) is 0 Å². The van der Waals surface area contributed by atoms with Crippen molar-refractivity contribution in [3.63, 3.8) is 0 Å². The number of halogens is 2. The Labute approximate surface area is 182 Å². The number of aromatic nitrogens is 1. The van der Waals surface area contributed by atoms with Crippen molar-refractivity contribution in [2.75, 3.05) is 0 Å². The van der Waals surface area contributed by atoms with E-state index in [4.69, 9.17) is 37.6 Å². The van der Waals surface area contributed by atoms with Crippen LogP contribution < -0.4 is 9.88 Å². The summed E-state index contributed by atoms with van der Waals surface area (Å²) in [7, 11) is -3.82. The molecule has 0 atom stereocenters. The van der Waals surface area contributed by atoms with Gasteiger partial charge in [0.2, 0.25) is 10.0 Å². The van der Waals surface area contributed by atoms with E-state index in [1.807, 2.05) is 30.3 Å². The zero-order chi connectivity index (χ0) is 21.3. The summed E-state index contributed by atoms with van der Waals surface area (Å²) in [5.41, 5.74) is 2.48. The first-order valence-electron chi connectivity index (χ1n) is 8.64. The maximum absolute atomic E-state index is 11.6. The minimum atomic E-state index is -3.82. The molecule has 0 radical (unpaired) electrons. The normalized spacial score (nSPS) is 11.4. The van der Waals surface area contributed by atoms with Gasteiger partial charge in [-0.05, 0) is 35.9 Å². The SMILES string of the molecule is NS(=O)(=O)c1ccc(-c2c(-c3ccccc3)noc2Oc2ccc(Cl)cc2Cl)cc1. The Bertz CT molecular complexity index is 1300. The fourth-order valence-corrected chi connectivity index (χ4v) is 3.82. The number of sulfonamides is 1. The molecule has 0 aliphatic rings.